The zero-order valence-corrected chi connectivity index (χ0v) is 10.0. The topological polar surface area (TPSA) is 26.3 Å². The van der Waals surface area contributed by atoms with Gasteiger partial charge in [0.05, 0.1) is 6.61 Å². The Morgan fingerprint density at radius 1 is 1.12 bits per heavy atom. The molecule has 0 heterocycles. The lowest BCUT2D eigenvalue weighted by Crippen LogP contribution is -2.01. The Kier molecular flexibility index (Phi) is 10.9. The van der Waals surface area contributed by atoms with Crippen LogP contribution >= 0.6 is 0 Å². The lowest BCUT2D eigenvalue weighted by atomic mass is 10.1. The predicted molar refractivity (Wildman–Crippen MR) is 66.9 cm³/mol. The molecule has 0 atom stereocenters. The molecule has 2 nitrogen and oxygen atoms in total. The van der Waals surface area contributed by atoms with E-state index in [4.69, 9.17) is 11.2 Å². The summed E-state index contributed by atoms with van der Waals surface area (Å²) >= 11 is 0. The second-order valence-corrected chi connectivity index (χ2v) is 3.80. The normalized spacial score (nSPS) is 9.44. The summed E-state index contributed by atoms with van der Waals surface area (Å²) in [6.45, 7) is 3.85. The van der Waals surface area contributed by atoms with Crippen LogP contribution in [-0.4, -0.2) is 12.6 Å². The van der Waals surface area contributed by atoms with Crippen LogP contribution in [0.25, 0.3) is 0 Å². The number of carbonyl (C=O) groups is 1. The fourth-order valence-corrected chi connectivity index (χ4v) is 1.44. The van der Waals surface area contributed by atoms with E-state index in [-0.39, 0.29) is 5.97 Å². The summed E-state index contributed by atoms with van der Waals surface area (Å²) in [5, 5.41) is 0. The Hall–Kier alpha value is -1.23. The number of terminal acetylenes is 1. The minimum atomic E-state index is -0.325. The zero-order chi connectivity index (χ0) is 12.1. The van der Waals surface area contributed by atoms with Gasteiger partial charge in [0.25, 0.3) is 0 Å². The van der Waals surface area contributed by atoms with Crippen molar-refractivity contribution in [2.75, 3.05) is 6.61 Å². The molecule has 0 aromatic heterocycles. The first-order valence-electron chi connectivity index (χ1n) is 6.04. The van der Waals surface area contributed by atoms with E-state index >= 15 is 0 Å². The molecule has 90 valence electrons. The third-order valence-electron chi connectivity index (χ3n) is 2.38. The van der Waals surface area contributed by atoms with Gasteiger partial charge in [0.15, 0.2) is 0 Å². The maximum Gasteiger partial charge on any atom is 0.330 e. The van der Waals surface area contributed by atoms with Crippen LogP contribution in [0.2, 0.25) is 0 Å². The number of carbonyl (C=O) groups excluding carboxylic acids is 1. The number of rotatable bonds is 10. The summed E-state index contributed by atoms with van der Waals surface area (Å²) in [5.74, 6) is 2.32. The SMILES string of the molecule is C#CCCCCCCCCCOC(=O)C=C. The number of unbranched alkanes of at least 4 members (excludes halogenated alkanes) is 7. The molecule has 0 saturated carbocycles. The van der Waals surface area contributed by atoms with Crippen molar-refractivity contribution in [1.29, 1.82) is 0 Å². The van der Waals surface area contributed by atoms with E-state index in [1.54, 1.807) is 0 Å². The third kappa shape index (κ3) is 10.8. The van der Waals surface area contributed by atoms with Crippen molar-refractivity contribution in [3.8, 4) is 12.3 Å². The molecule has 0 radical (unpaired) electrons. The summed E-state index contributed by atoms with van der Waals surface area (Å²) < 4.78 is 4.87. The summed E-state index contributed by atoms with van der Waals surface area (Å²) in [7, 11) is 0. The van der Waals surface area contributed by atoms with E-state index < -0.39 is 0 Å². The monoisotopic (exact) mass is 222 g/mol. The van der Waals surface area contributed by atoms with Crippen LogP contribution in [-0.2, 0) is 9.53 Å². The second-order valence-electron chi connectivity index (χ2n) is 3.80. The van der Waals surface area contributed by atoms with Crippen molar-refractivity contribution in [1.82, 2.24) is 0 Å². The molecule has 0 bridgehead atoms. The van der Waals surface area contributed by atoms with Crippen molar-refractivity contribution in [2.45, 2.75) is 51.4 Å². The van der Waals surface area contributed by atoms with Crippen LogP contribution in [0, 0.1) is 12.3 Å². The number of hydrogen-bond acceptors (Lipinski definition) is 2. The number of hydrogen-bond donors (Lipinski definition) is 0. The molecule has 0 aliphatic rings. The smallest absolute Gasteiger partial charge is 0.330 e. The lowest BCUT2D eigenvalue weighted by Gasteiger charge is -2.02. The molecular formula is C14H22O2. The summed E-state index contributed by atoms with van der Waals surface area (Å²) in [6, 6.07) is 0. The quantitative estimate of drug-likeness (QED) is 0.245. The molecule has 0 aromatic rings. The number of ether oxygens (including phenoxy) is 1. The Bertz CT molecular complexity index is 225. The van der Waals surface area contributed by atoms with Gasteiger partial charge in [0.2, 0.25) is 0 Å². The highest BCUT2D eigenvalue weighted by molar-refractivity contribution is 5.81. The van der Waals surface area contributed by atoms with Crippen molar-refractivity contribution in [3.63, 3.8) is 0 Å². The molecule has 0 amide bonds. The van der Waals surface area contributed by atoms with Crippen molar-refractivity contribution in [2.24, 2.45) is 0 Å². The Labute approximate surface area is 99.1 Å². The molecule has 0 spiro atoms. The first-order valence-corrected chi connectivity index (χ1v) is 6.04. The van der Waals surface area contributed by atoms with E-state index in [9.17, 15) is 4.79 Å². The van der Waals surface area contributed by atoms with E-state index in [0.717, 1.165) is 25.7 Å². The Morgan fingerprint density at radius 2 is 1.69 bits per heavy atom. The van der Waals surface area contributed by atoms with Gasteiger partial charge < -0.3 is 4.74 Å². The second kappa shape index (κ2) is 11.8. The average molecular weight is 222 g/mol. The standard InChI is InChI=1S/C14H22O2/c1-3-5-6-7-8-9-10-11-12-13-16-14(15)4-2/h1,4H,2,5-13H2. The van der Waals surface area contributed by atoms with E-state index in [0.29, 0.717) is 6.61 Å². The van der Waals surface area contributed by atoms with Crippen molar-refractivity contribution < 1.29 is 9.53 Å². The van der Waals surface area contributed by atoms with Gasteiger partial charge in [-0.25, -0.2) is 4.79 Å². The Morgan fingerprint density at radius 3 is 2.25 bits per heavy atom. The van der Waals surface area contributed by atoms with Crippen LogP contribution in [0.4, 0.5) is 0 Å². The van der Waals surface area contributed by atoms with Gasteiger partial charge in [0, 0.05) is 12.5 Å². The molecule has 0 aliphatic carbocycles. The van der Waals surface area contributed by atoms with Crippen LogP contribution in [0.5, 0.6) is 0 Å². The first kappa shape index (κ1) is 14.8. The molecule has 0 aliphatic heterocycles. The van der Waals surface area contributed by atoms with Crippen molar-refractivity contribution in [3.05, 3.63) is 12.7 Å². The van der Waals surface area contributed by atoms with Crippen molar-refractivity contribution >= 4 is 5.97 Å². The predicted octanol–water partition coefficient (Wildman–Crippen LogP) is 3.47. The van der Waals surface area contributed by atoms with Crippen LogP contribution in [0.1, 0.15) is 51.4 Å². The maximum absolute atomic E-state index is 10.7. The summed E-state index contributed by atoms with van der Waals surface area (Å²) in [5.41, 5.74) is 0. The van der Waals surface area contributed by atoms with Gasteiger partial charge >= 0.3 is 5.97 Å². The average Bonchev–Trinajstić information content (AvgIpc) is 2.31. The molecule has 0 aromatic carbocycles. The van der Waals surface area contributed by atoms with Gasteiger partial charge in [-0.15, -0.1) is 12.3 Å². The van der Waals surface area contributed by atoms with Gasteiger partial charge in [-0.05, 0) is 12.8 Å². The largest absolute Gasteiger partial charge is 0.463 e. The van der Waals surface area contributed by atoms with Gasteiger partial charge in [0.1, 0.15) is 0 Å². The highest BCUT2D eigenvalue weighted by Gasteiger charge is 1.95. The van der Waals surface area contributed by atoms with Crippen LogP contribution < -0.4 is 0 Å². The highest BCUT2D eigenvalue weighted by Crippen LogP contribution is 2.08. The molecule has 0 N–H and O–H groups in total. The minimum Gasteiger partial charge on any atom is -0.463 e. The third-order valence-corrected chi connectivity index (χ3v) is 2.38. The van der Waals surface area contributed by atoms with Gasteiger partial charge in [-0.2, -0.15) is 0 Å². The molecule has 2 heteroatoms. The van der Waals surface area contributed by atoms with Crippen LogP contribution in [0.3, 0.4) is 0 Å². The Balaban J connectivity index is 3.02. The molecule has 0 fully saturated rings. The first-order chi connectivity index (χ1) is 7.81. The van der Waals surface area contributed by atoms with Crippen LogP contribution in [0.15, 0.2) is 12.7 Å². The summed E-state index contributed by atoms with van der Waals surface area (Å²) in [4.78, 5) is 10.7. The van der Waals surface area contributed by atoms with E-state index in [1.165, 1.54) is 31.8 Å². The fourth-order valence-electron chi connectivity index (χ4n) is 1.44. The maximum atomic E-state index is 10.7. The van der Waals surface area contributed by atoms with Gasteiger partial charge in [-0.3, -0.25) is 0 Å². The van der Waals surface area contributed by atoms with E-state index in [1.807, 2.05) is 0 Å². The molecular weight excluding hydrogens is 200 g/mol. The highest BCUT2D eigenvalue weighted by atomic mass is 16.5. The molecule has 0 unspecified atom stereocenters. The number of esters is 1. The molecule has 0 saturated heterocycles. The van der Waals surface area contributed by atoms with E-state index in [2.05, 4.69) is 12.5 Å². The lowest BCUT2D eigenvalue weighted by molar-refractivity contribution is -0.137. The zero-order valence-electron chi connectivity index (χ0n) is 10.0. The summed E-state index contributed by atoms with van der Waals surface area (Å²) in [6.07, 6.45) is 15.4. The fraction of sp³-hybridized carbons (Fsp3) is 0.643. The molecule has 16 heavy (non-hydrogen) atoms. The molecule has 0 rings (SSSR count). The minimum absolute atomic E-state index is 0.325. The van der Waals surface area contributed by atoms with Gasteiger partial charge in [-0.1, -0.05) is 38.7 Å².